The zero-order chi connectivity index (χ0) is 14.5. The van der Waals surface area contributed by atoms with Gasteiger partial charge in [0.25, 0.3) is 0 Å². The van der Waals surface area contributed by atoms with Crippen LogP contribution in [0.4, 0.5) is 0 Å². The summed E-state index contributed by atoms with van der Waals surface area (Å²) < 4.78 is 0. The van der Waals surface area contributed by atoms with Gasteiger partial charge in [-0.15, -0.1) is 0 Å². The molecule has 104 valence electrons. The van der Waals surface area contributed by atoms with Crippen molar-refractivity contribution in [3.05, 3.63) is 65.5 Å². The van der Waals surface area contributed by atoms with E-state index in [0.717, 1.165) is 12.1 Å². The van der Waals surface area contributed by atoms with Crippen LogP contribution in [-0.4, -0.2) is 28.0 Å². The van der Waals surface area contributed by atoms with Gasteiger partial charge in [0.2, 0.25) is 0 Å². The van der Waals surface area contributed by atoms with Gasteiger partial charge < -0.3 is 5.11 Å². The summed E-state index contributed by atoms with van der Waals surface area (Å²) >= 11 is 0. The van der Waals surface area contributed by atoms with Gasteiger partial charge in [0, 0.05) is 25.0 Å². The molecule has 0 saturated heterocycles. The van der Waals surface area contributed by atoms with Crippen LogP contribution in [0.15, 0.2) is 48.8 Å². The molecular formula is C16H18N2O2. The molecule has 0 saturated carbocycles. The molecule has 0 bridgehead atoms. The van der Waals surface area contributed by atoms with Crippen molar-refractivity contribution >= 4 is 5.97 Å². The monoisotopic (exact) mass is 270 g/mol. The average molecular weight is 270 g/mol. The number of nitrogens with zero attached hydrogens (tertiary/aromatic N) is 2. The molecule has 0 spiro atoms. The predicted octanol–water partition coefficient (Wildman–Crippen LogP) is 2.97. The molecule has 1 aromatic heterocycles. The van der Waals surface area contributed by atoms with Crippen molar-refractivity contribution in [1.29, 1.82) is 0 Å². The fourth-order valence-corrected chi connectivity index (χ4v) is 2.07. The minimum Gasteiger partial charge on any atom is -0.478 e. The Bertz CT molecular complexity index is 567. The molecule has 2 rings (SSSR count). The molecule has 2 aromatic rings. The average Bonchev–Trinajstić information content (AvgIpc) is 2.48. The van der Waals surface area contributed by atoms with E-state index in [1.807, 2.05) is 24.3 Å². The van der Waals surface area contributed by atoms with Crippen molar-refractivity contribution in [2.24, 2.45) is 0 Å². The fourth-order valence-electron chi connectivity index (χ4n) is 2.07. The van der Waals surface area contributed by atoms with Gasteiger partial charge in [-0.05, 0) is 49.4 Å². The van der Waals surface area contributed by atoms with Crippen LogP contribution < -0.4 is 0 Å². The molecule has 1 heterocycles. The summed E-state index contributed by atoms with van der Waals surface area (Å²) in [6.07, 6.45) is 3.59. The minimum atomic E-state index is -0.893. The third kappa shape index (κ3) is 3.42. The van der Waals surface area contributed by atoms with Gasteiger partial charge in [0.1, 0.15) is 0 Å². The number of benzene rings is 1. The molecule has 0 aliphatic rings. The Balaban J connectivity index is 2.04. The normalized spacial score (nSPS) is 12.3. The van der Waals surface area contributed by atoms with Crippen LogP contribution in [-0.2, 0) is 6.54 Å². The maximum absolute atomic E-state index is 10.8. The first kappa shape index (κ1) is 14.2. The number of rotatable bonds is 5. The van der Waals surface area contributed by atoms with Crippen molar-refractivity contribution in [2.45, 2.75) is 19.5 Å². The standard InChI is InChI=1S/C16H18N2O2/c1-12(14-7-9-17-10-8-14)18(2)11-13-3-5-15(6-4-13)16(19)20/h3-10,12H,11H2,1-2H3,(H,19,20). The summed E-state index contributed by atoms with van der Waals surface area (Å²) in [7, 11) is 2.05. The second kappa shape index (κ2) is 6.30. The van der Waals surface area contributed by atoms with Crippen LogP contribution in [0.5, 0.6) is 0 Å². The number of pyridine rings is 1. The van der Waals surface area contributed by atoms with Crippen molar-refractivity contribution in [3.8, 4) is 0 Å². The first-order chi connectivity index (χ1) is 9.58. The van der Waals surface area contributed by atoms with Gasteiger partial charge in [-0.2, -0.15) is 0 Å². The molecule has 0 aliphatic carbocycles. The zero-order valence-electron chi connectivity index (χ0n) is 11.7. The molecule has 0 aliphatic heterocycles. The quantitative estimate of drug-likeness (QED) is 0.907. The number of hydrogen-bond donors (Lipinski definition) is 1. The lowest BCUT2D eigenvalue weighted by Crippen LogP contribution is -2.21. The van der Waals surface area contributed by atoms with Gasteiger partial charge in [0.05, 0.1) is 5.56 Å². The van der Waals surface area contributed by atoms with Crippen molar-refractivity contribution in [2.75, 3.05) is 7.05 Å². The van der Waals surface area contributed by atoms with Gasteiger partial charge in [-0.3, -0.25) is 9.88 Å². The summed E-state index contributed by atoms with van der Waals surface area (Å²) in [6, 6.07) is 11.3. The van der Waals surface area contributed by atoms with Crippen molar-refractivity contribution < 1.29 is 9.90 Å². The first-order valence-corrected chi connectivity index (χ1v) is 6.50. The Morgan fingerprint density at radius 2 is 1.80 bits per heavy atom. The Labute approximate surface area is 118 Å². The highest BCUT2D eigenvalue weighted by atomic mass is 16.4. The van der Waals surface area contributed by atoms with Crippen LogP contribution in [0.1, 0.15) is 34.5 Å². The van der Waals surface area contributed by atoms with E-state index >= 15 is 0 Å². The lowest BCUT2D eigenvalue weighted by molar-refractivity contribution is 0.0697. The molecule has 20 heavy (non-hydrogen) atoms. The highest BCUT2D eigenvalue weighted by Crippen LogP contribution is 2.20. The van der Waals surface area contributed by atoms with Crippen LogP contribution >= 0.6 is 0 Å². The van der Waals surface area contributed by atoms with E-state index in [4.69, 9.17) is 5.11 Å². The molecule has 4 nitrogen and oxygen atoms in total. The summed E-state index contributed by atoms with van der Waals surface area (Å²) in [4.78, 5) is 17.0. The second-order valence-corrected chi connectivity index (χ2v) is 4.87. The summed E-state index contributed by atoms with van der Waals surface area (Å²) in [6.45, 7) is 2.91. The molecule has 1 N–H and O–H groups in total. The van der Waals surface area contributed by atoms with Crippen LogP contribution in [0, 0.1) is 0 Å². The highest BCUT2D eigenvalue weighted by Gasteiger charge is 2.12. The van der Waals surface area contributed by atoms with Gasteiger partial charge in [0.15, 0.2) is 0 Å². The van der Waals surface area contributed by atoms with Crippen LogP contribution in [0.3, 0.4) is 0 Å². The van der Waals surface area contributed by atoms with E-state index in [1.165, 1.54) is 5.56 Å². The van der Waals surface area contributed by atoms with E-state index in [2.05, 4.69) is 23.9 Å². The third-order valence-corrected chi connectivity index (χ3v) is 3.48. The zero-order valence-corrected chi connectivity index (χ0v) is 11.7. The van der Waals surface area contributed by atoms with Crippen LogP contribution in [0.25, 0.3) is 0 Å². The number of aromatic carboxylic acids is 1. The SMILES string of the molecule is CC(c1ccncc1)N(C)Cc1ccc(C(=O)O)cc1. The number of aromatic nitrogens is 1. The van der Waals surface area contributed by atoms with Crippen LogP contribution in [0.2, 0.25) is 0 Å². The Morgan fingerprint density at radius 3 is 2.35 bits per heavy atom. The number of hydrogen-bond acceptors (Lipinski definition) is 3. The Hall–Kier alpha value is -2.20. The Morgan fingerprint density at radius 1 is 1.20 bits per heavy atom. The maximum atomic E-state index is 10.8. The topological polar surface area (TPSA) is 53.4 Å². The summed E-state index contributed by atoms with van der Waals surface area (Å²) in [5.41, 5.74) is 2.63. The predicted molar refractivity (Wildman–Crippen MR) is 77.5 cm³/mol. The van der Waals surface area contributed by atoms with Crippen molar-refractivity contribution in [1.82, 2.24) is 9.88 Å². The van der Waals surface area contributed by atoms with E-state index in [1.54, 1.807) is 24.5 Å². The molecule has 1 aromatic carbocycles. The third-order valence-electron chi connectivity index (χ3n) is 3.48. The van der Waals surface area contributed by atoms with E-state index < -0.39 is 5.97 Å². The molecule has 4 heteroatoms. The molecule has 1 atom stereocenters. The van der Waals surface area contributed by atoms with Gasteiger partial charge >= 0.3 is 5.97 Å². The summed E-state index contributed by atoms with van der Waals surface area (Å²) in [5, 5.41) is 8.88. The van der Waals surface area contributed by atoms with Gasteiger partial charge in [-0.1, -0.05) is 12.1 Å². The fraction of sp³-hybridized carbons (Fsp3) is 0.250. The highest BCUT2D eigenvalue weighted by molar-refractivity contribution is 5.87. The van der Waals surface area contributed by atoms with Gasteiger partial charge in [-0.25, -0.2) is 4.79 Å². The largest absolute Gasteiger partial charge is 0.478 e. The number of carboxylic acids is 1. The smallest absolute Gasteiger partial charge is 0.335 e. The summed E-state index contributed by atoms with van der Waals surface area (Å²) in [5.74, 6) is -0.893. The lowest BCUT2D eigenvalue weighted by atomic mass is 10.1. The Kier molecular flexibility index (Phi) is 4.48. The van der Waals surface area contributed by atoms with E-state index in [0.29, 0.717) is 5.56 Å². The number of carbonyl (C=O) groups is 1. The van der Waals surface area contributed by atoms with Crippen molar-refractivity contribution in [3.63, 3.8) is 0 Å². The molecule has 0 amide bonds. The lowest BCUT2D eigenvalue weighted by Gasteiger charge is -2.25. The van der Waals surface area contributed by atoms with E-state index in [-0.39, 0.29) is 6.04 Å². The molecular weight excluding hydrogens is 252 g/mol. The minimum absolute atomic E-state index is 0.275. The van der Waals surface area contributed by atoms with E-state index in [9.17, 15) is 4.79 Å². The number of carboxylic acid groups (broad SMARTS) is 1. The molecule has 1 unspecified atom stereocenters. The first-order valence-electron chi connectivity index (χ1n) is 6.50. The molecule has 0 radical (unpaired) electrons. The maximum Gasteiger partial charge on any atom is 0.335 e. The molecule has 0 fully saturated rings. The second-order valence-electron chi connectivity index (χ2n) is 4.87.